The lowest BCUT2D eigenvalue weighted by Gasteiger charge is -2.19. The summed E-state index contributed by atoms with van der Waals surface area (Å²) in [5, 5.41) is 1.58. The number of fused-ring (bicyclic) bond motifs is 1. The van der Waals surface area contributed by atoms with Gasteiger partial charge in [-0.3, -0.25) is 4.79 Å². The standard InChI is InChI=1S/C34H25Cl2N3O4/c1-2-42-34(41)30-31(43-25-10-6-9-24(36)18-25)26-17-22(13-16-27(26)39-33(30)40)29(20-11-14-23(35)15-12-20)28-19-37-32(38-28)21-7-4-3-5-8-21/h3-19,29H,2H2,1H3,(H,37,38)(H,39,40). The second-order valence-electron chi connectivity index (χ2n) is 9.78. The first-order valence-electron chi connectivity index (χ1n) is 13.6. The Balaban J connectivity index is 1.56. The summed E-state index contributed by atoms with van der Waals surface area (Å²) in [6, 6.07) is 29.8. The van der Waals surface area contributed by atoms with Gasteiger partial charge in [0.25, 0.3) is 5.56 Å². The second kappa shape index (κ2) is 12.2. The van der Waals surface area contributed by atoms with Crippen molar-refractivity contribution >= 4 is 40.1 Å². The minimum Gasteiger partial charge on any atom is -0.462 e. The van der Waals surface area contributed by atoms with Crippen molar-refractivity contribution in [3.8, 4) is 22.9 Å². The van der Waals surface area contributed by atoms with Gasteiger partial charge in [0.1, 0.15) is 11.6 Å². The van der Waals surface area contributed by atoms with Crippen LogP contribution in [0.2, 0.25) is 10.0 Å². The molecular formula is C34H25Cl2N3O4. The van der Waals surface area contributed by atoms with Gasteiger partial charge >= 0.3 is 5.97 Å². The SMILES string of the molecule is CCOC(=O)c1c(Oc2cccc(Cl)c2)c2cc(C(c3ccc(Cl)cc3)c3cnc(-c4ccccc4)[nH]3)ccc2[nH]c1=O. The number of H-pyrrole nitrogens is 2. The Morgan fingerprint density at radius 2 is 1.63 bits per heavy atom. The minimum atomic E-state index is -0.789. The van der Waals surface area contributed by atoms with Gasteiger partial charge in [-0.05, 0) is 60.5 Å². The van der Waals surface area contributed by atoms with Crippen molar-refractivity contribution in [3.63, 3.8) is 0 Å². The van der Waals surface area contributed by atoms with Crippen LogP contribution in [0.1, 0.15) is 40.0 Å². The molecular weight excluding hydrogens is 585 g/mol. The number of carbonyl (C=O) groups excluding carboxylic acids is 1. The molecule has 0 bridgehead atoms. The quantitative estimate of drug-likeness (QED) is 0.169. The zero-order valence-electron chi connectivity index (χ0n) is 22.9. The number of imidazole rings is 1. The van der Waals surface area contributed by atoms with Crippen molar-refractivity contribution in [2.45, 2.75) is 12.8 Å². The van der Waals surface area contributed by atoms with E-state index in [1.807, 2.05) is 72.9 Å². The predicted molar refractivity (Wildman–Crippen MR) is 168 cm³/mol. The van der Waals surface area contributed by atoms with Crippen LogP contribution in [0, 0.1) is 0 Å². The fourth-order valence-electron chi connectivity index (χ4n) is 5.04. The van der Waals surface area contributed by atoms with E-state index < -0.39 is 11.5 Å². The number of hydrogen-bond donors (Lipinski definition) is 2. The Kier molecular flexibility index (Phi) is 8.01. The third kappa shape index (κ3) is 5.91. The van der Waals surface area contributed by atoms with Crippen LogP contribution in [0.4, 0.5) is 0 Å². The number of aromatic amines is 2. The van der Waals surface area contributed by atoms with E-state index in [2.05, 4.69) is 15.0 Å². The highest BCUT2D eigenvalue weighted by Crippen LogP contribution is 2.38. The normalized spacial score (nSPS) is 11.8. The molecule has 0 saturated carbocycles. The number of hydrogen-bond acceptors (Lipinski definition) is 5. The van der Waals surface area contributed by atoms with Crippen molar-refractivity contribution in [3.05, 3.63) is 146 Å². The molecule has 7 nitrogen and oxygen atoms in total. The molecule has 0 saturated heterocycles. The fraction of sp³-hybridized carbons (Fsp3) is 0.0882. The molecule has 2 N–H and O–H groups in total. The summed E-state index contributed by atoms with van der Waals surface area (Å²) < 4.78 is 11.5. The molecule has 0 fully saturated rings. The molecule has 1 atom stereocenters. The van der Waals surface area contributed by atoms with Gasteiger partial charge in [-0.25, -0.2) is 9.78 Å². The first-order valence-corrected chi connectivity index (χ1v) is 14.3. The van der Waals surface area contributed by atoms with Crippen LogP contribution < -0.4 is 10.3 Å². The lowest BCUT2D eigenvalue weighted by Crippen LogP contribution is -2.21. The number of esters is 1. The van der Waals surface area contributed by atoms with Crippen LogP contribution in [-0.4, -0.2) is 27.5 Å². The highest BCUT2D eigenvalue weighted by Gasteiger charge is 2.26. The van der Waals surface area contributed by atoms with Crippen molar-refractivity contribution < 1.29 is 14.3 Å². The summed E-state index contributed by atoms with van der Waals surface area (Å²) in [4.78, 5) is 37.2. The highest BCUT2D eigenvalue weighted by molar-refractivity contribution is 6.30. The molecule has 6 rings (SSSR count). The zero-order valence-corrected chi connectivity index (χ0v) is 24.4. The molecule has 2 heterocycles. The van der Waals surface area contributed by atoms with Gasteiger partial charge in [0.2, 0.25) is 0 Å². The van der Waals surface area contributed by atoms with Crippen molar-refractivity contribution in [1.82, 2.24) is 15.0 Å². The molecule has 9 heteroatoms. The van der Waals surface area contributed by atoms with Crippen LogP contribution in [0.3, 0.4) is 0 Å². The predicted octanol–water partition coefficient (Wildman–Crippen LogP) is 8.37. The number of nitrogens with zero attached hydrogens (tertiary/aromatic N) is 1. The fourth-order valence-corrected chi connectivity index (χ4v) is 5.34. The number of benzene rings is 4. The van der Waals surface area contributed by atoms with Crippen LogP contribution in [-0.2, 0) is 4.74 Å². The maximum absolute atomic E-state index is 13.2. The summed E-state index contributed by atoms with van der Waals surface area (Å²) in [5.74, 6) is 0.0812. The summed E-state index contributed by atoms with van der Waals surface area (Å²) in [6.07, 6.45) is 1.81. The van der Waals surface area contributed by atoms with E-state index in [1.54, 1.807) is 37.3 Å². The summed E-state index contributed by atoms with van der Waals surface area (Å²) in [7, 11) is 0. The number of ether oxygens (including phenoxy) is 2. The van der Waals surface area contributed by atoms with Gasteiger partial charge in [0.05, 0.1) is 18.0 Å². The van der Waals surface area contributed by atoms with Crippen LogP contribution in [0.5, 0.6) is 11.5 Å². The minimum absolute atomic E-state index is 0.0748. The van der Waals surface area contributed by atoms with Crippen LogP contribution in [0.15, 0.2) is 108 Å². The number of nitrogens with one attached hydrogen (secondary N) is 2. The summed E-state index contributed by atoms with van der Waals surface area (Å²) >= 11 is 12.5. The molecule has 0 aliphatic rings. The molecule has 0 spiro atoms. The maximum Gasteiger partial charge on any atom is 0.347 e. The van der Waals surface area contributed by atoms with Gasteiger partial charge in [0, 0.05) is 32.9 Å². The van der Waals surface area contributed by atoms with Gasteiger partial charge in [-0.2, -0.15) is 0 Å². The first kappa shape index (κ1) is 28.3. The second-order valence-corrected chi connectivity index (χ2v) is 10.7. The van der Waals surface area contributed by atoms with E-state index in [9.17, 15) is 9.59 Å². The molecule has 1 unspecified atom stereocenters. The van der Waals surface area contributed by atoms with E-state index in [-0.39, 0.29) is 23.8 Å². The molecule has 0 radical (unpaired) electrons. The largest absolute Gasteiger partial charge is 0.462 e. The molecule has 6 aromatic rings. The third-order valence-corrected chi connectivity index (χ3v) is 7.46. The van der Waals surface area contributed by atoms with Crippen molar-refractivity contribution in [2.24, 2.45) is 0 Å². The zero-order chi connectivity index (χ0) is 29.9. The Labute approximate surface area is 257 Å². The third-order valence-electron chi connectivity index (χ3n) is 6.98. The summed E-state index contributed by atoms with van der Waals surface area (Å²) in [6.45, 7) is 1.77. The Hall–Kier alpha value is -4.85. The van der Waals surface area contributed by atoms with Crippen LogP contribution in [0.25, 0.3) is 22.3 Å². The molecule has 0 aliphatic carbocycles. The maximum atomic E-state index is 13.2. The molecule has 43 heavy (non-hydrogen) atoms. The Bertz CT molecular complexity index is 1990. The van der Waals surface area contributed by atoms with Gasteiger partial charge in [0.15, 0.2) is 11.3 Å². The molecule has 4 aromatic carbocycles. The average Bonchev–Trinajstić information content (AvgIpc) is 3.49. The number of rotatable bonds is 8. The monoisotopic (exact) mass is 609 g/mol. The topological polar surface area (TPSA) is 97.1 Å². The smallest absolute Gasteiger partial charge is 0.347 e. The van der Waals surface area contributed by atoms with E-state index >= 15 is 0 Å². The van der Waals surface area contributed by atoms with Crippen LogP contribution >= 0.6 is 23.2 Å². The number of halogens is 2. The average molecular weight is 610 g/mol. The van der Waals surface area contributed by atoms with E-state index in [0.717, 1.165) is 28.2 Å². The number of pyridine rings is 1. The molecule has 2 aromatic heterocycles. The van der Waals surface area contributed by atoms with E-state index in [4.69, 9.17) is 32.7 Å². The van der Waals surface area contributed by atoms with Gasteiger partial charge < -0.3 is 19.4 Å². The summed E-state index contributed by atoms with van der Waals surface area (Å²) in [5.41, 5.74) is 3.25. The Morgan fingerprint density at radius 3 is 2.37 bits per heavy atom. The van der Waals surface area contributed by atoms with Gasteiger partial charge in [-0.15, -0.1) is 0 Å². The molecule has 0 amide bonds. The first-order chi connectivity index (χ1) is 20.9. The van der Waals surface area contributed by atoms with Crippen molar-refractivity contribution in [1.29, 1.82) is 0 Å². The number of carbonyl (C=O) groups is 1. The number of aromatic nitrogens is 3. The molecule has 0 aliphatic heterocycles. The lowest BCUT2D eigenvalue weighted by atomic mass is 9.88. The Morgan fingerprint density at radius 1 is 0.860 bits per heavy atom. The highest BCUT2D eigenvalue weighted by atomic mass is 35.5. The molecule has 214 valence electrons. The van der Waals surface area contributed by atoms with Crippen molar-refractivity contribution in [2.75, 3.05) is 6.61 Å². The van der Waals surface area contributed by atoms with Gasteiger partial charge in [-0.1, -0.05) is 77.8 Å². The van der Waals surface area contributed by atoms with E-state index in [0.29, 0.717) is 26.7 Å². The lowest BCUT2D eigenvalue weighted by molar-refractivity contribution is 0.0521. The van der Waals surface area contributed by atoms with E-state index in [1.165, 1.54) is 0 Å².